The van der Waals surface area contributed by atoms with Gasteiger partial charge in [-0.25, -0.2) is 0 Å². The molecular formula is C25H38N2. The molecule has 148 valence electrons. The van der Waals surface area contributed by atoms with Crippen molar-refractivity contribution in [3.63, 3.8) is 0 Å². The fraction of sp³-hybridized carbons (Fsp3) is 0.520. The van der Waals surface area contributed by atoms with Crippen LogP contribution in [0.2, 0.25) is 0 Å². The van der Waals surface area contributed by atoms with Crippen molar-refractivity contribution in [2.75, 3.05) is 0 Å². The standard InChI is InChI=1S/C25H38N2/c1-7-17(5)21-11-19(9-3)13-23(15-21)25(26,27)24-14-20(10-4)12-22(16-24)18(6)8-2/h11-18H,7-10,26-27H2,1-6H3. The Kier molecular flexibility index (Phi) is 7.25. The lowest BCUT2D eigenvalue weighted by atomic mass is 9.84. The molecule has 0 saturated heterocycles. The van der Waals surface area contributed by atoms with Gasteiger partial charge >= 0.3 is 0 Å². The van der Waals surface area contributed by atoms with Gasteiger partial charge in [-0.2, -0.15) is 0 Å². The van der Waals surface area contributed by atoms with Crippen LogP contribution in [-0.4, -0.2) is 0 Å². The molecule has 27 heavy (non-hydrogen) atoms. The summed E-state index contributed by atoms with van der Waals surface area (Å²) < 4.78 is 0. The Morgan fingerprint density at radius 3 is 1.33 bits per heavy atom. The highest BCUT2D eigenvalue weighted by Crippen LogP contribution is 2.31. The monoisotopic (exact) mass is 366 g/mol. The van der Waals surface area contributed by atoms with E-state index in [-0.39, 0.29) is 0 Å². The fourth-order valence-corrected chi connectivity index (χ4v) is 3.53. The van der Waals surface area contributed by atoms with E-state index in [0.717, 1.165) is 36.8 Å². The summed E-state index contributed by atoms with van der Waals surface area (Å²) in [5, 5.41) is 0. The van der Waals surface area contributed by atoms with Gasteiger partial charge in [0.05, 0.1) is 0 Å². The molecule has 2 aromatic carbocycles. The van der Waals surface area contributed by atoms with Crippen LogP contribution in [0.1, 0.15) is 99.6 Å². The molecule has 4 N–H and O–H groups in total. The molecule has 2 nitrogen and oxygen atoms in total. The van der Waals surface area contributed by atoms with Crippen molar-refractivity contribution >= 4 is 0 Å². The SMILES string of the molecule is CCc1cc(C(C)CC)cc(C(N)(N)c2cc(CC)cc(C(C)CC)c2)c1. The van der Waals surface area contributed by atoms with Gasteiger partial charge in [0, 0.05) is 0 Å². The first-order valence-corrected chi connectivity index (χ1v) is 10.6. The third-order valence-corrected chi connectivity index (χ3v) is 6.16. The lowest BCUT2D eigenvalue weighted by molar-refractivity contribution is 0.561. The maximum atomic E-state index is 6.81. The molecule has 0 saturated carbocycles. The first-order valence-electron chi connectivity index (χ1n) is 10.6. The topological polar surface area (TPSA) is 52.0 Å². The van der Waals surface area contributed by atoms with Crippen LogP contribution in [0.4, 0.5) is 0 Å². The van der Waals surface area contributed by atoms with Crippen LogP contribution in [0.25, 0.3) is 0 Å². The highest BCUT2D eigenvalue weighted by atomic mass is 15.0. The Morgan fingerprint density at radius 1 is 0.667 bits per heavy atom. The molecular weight excluding hydrogens is 328 g/mol. The summed E-state index contributed by atoms with van der Waals surface area (Å²) >= 11 is 0. The summed E-state index contributed by atoms with van der Waals surface area (Å²) in [6.07, 6.45) is 4.19. The van der Waals surface area contributed by atoms with Gasteiger partial charge in [-0.1, -0.05) is 77.9 Å². The highest BCUT2D eigenvalue weighted by Gasteiger charge is 2.27. The van der Waals surface area contributed by atoms with Crippen LogP contribution in [-0.2, 0) is 18.5 Å². The molecule has 0 heterocycles. The van der Waals surface area contributed by atoms with Crippen molar-refractivity contribution in [1.82, 2.24) is 0 Å². The van der Waals surface area contributed by atoms with E-state index in [9.17, 15) is 0 Å². The molecule has 0 aliphatic carbocycles. The average Bonchev–Trinajstić information content (AvgIpc) is 2.71. The lowest BCUT2D eigenvalue weighted by Gasteiger charge is -2.29. The third kappa shape index (κ3) is 4.80. The van der Waals surface area contributed by atoms with Crippen molar-refractivity contribution in [3.8, 4) is 0 Å². The number of aryl methyl sites for hydroxylation is 2. The van der Waals surface area contributed by atoms with Gasteiger partial charge in [-0.15, -0.1) is 0 Å². The molecule has 2 unspecified atom stereocenters. The molecule has 2 aromatic rings. The van der Waals surface area contributed by atoms with Gasteiger partial charge in [0.1, 0.15) is 5.66 Å². The van der Waals surface area contributed by atoms with E-state index in [1.165, 1.54) is 22.3 Å². The van der Waals surface area contributed by atoms with Crippen molar-refractivity contribution in [1.29, 1.82) is 0 Å². The van der Waals surface area contributed by atoms with Gasteiger partial charge in [0.2, 0.25) is 0 Å². The Labute approximate surface area is 166 Å². The summed E-state index contributed by atoms with van der Waals surface area (Å²) in [5.74, 6) is 1.01. The molecule has 2 rings (SSSR count). The molecule has 0 aliphatic heterocycles. The molecule has 0 spiro atoms. The zero-order valence-corrected chi connectivity index (χ0v) is 18.1. The second-order valence-corrected chi connectivity index (χ2v) is 8.12. The minimum Gasteiger partial charge on any atom is -0.306 e. The van der Waals surface area contributed by atoms with E-state index >= 15 is 0 Å². The first kappa shape index (κ1) is 21.7. The summed E-state index contributed by atoms with van der Waals surface area (Å²) in [4.78, 5) is 0. The molecule has 2 heteroatoms. The summed E-state index contributed by atoms with van der Waals surface area (Å²) in [6, 6.07) is 13.4. The predicted octanol–water partition coefficient (Wildman–Crippen LogP) is 5.96. The number of hydrogen-bond acceptors (Lipinski definition) is 2. The Balaban J connectivity index is 2.60. The van der Waals surface area contributed by atoms with Crippen molar-refractivity contribution in [2.45, 2.75) is 84.7 Å². The van der Waals surface area contributed by atoms with E-state index < -0.39 is 5.66 Å². The van der Waals surface area contributed by atoms with Crippen molar-refractivity contribution in [3.05, 3.63) is 69.8 Å². The van der Waals surface area contributed by atoms with E-state index in [0.29, 0.717) is 11.8 Å². The lowest BCUT2D eigenvalue weighted by Crippen LogP contribution is -2.47. The Morgan fingerprint density at radius 2 is 1.04 bits per heavy atom. The van der Waals surface area contributed by atoms with Crippen molar-refractivity contribution in [2.24, 2.45) is 11.5 Å². The summed E-state index contributed by atoms with van der Waals surface area (Å²) in [6.45, 7) is 13.4. The van der Waals surface area contributed by atoms with Gasteiger partial charge in [0.25, 0.3) is 0 Å². The minimum atomic E-state index is -0.985. The molecule has 0 bridgehead atoms. The minimum absolute atomic E-state index is 0.503. The van der Waals surface area contributed by atoms with Crippen LogP contribution < -0.4 is 11.5 Å². The van der Waals surface area contributed by atoms with Crippen molar-refractivity contribution < 1.29 is 0 Å². The highest BCUT2D eigenvalue weighted by molar-refractivity contribution is 5.45. The molecule has 0 aromatic heterocycles. The van der Waals surface area contributed by atoms with E-state index in [1.54, 1.807) is 0 Å². The maximum Gasteiger partial charge on any atom is 0.116 e. The van der Waals surface area contributed by atoms with Crippen LogP contribution in [0.3, 0.4) is 0 Å². The van der Waals surface area contributed by atoms with E-state index in [1.807, 2.05) is 0 Å². The molecule has 0 fully saturated rings. The second kappa shape index (κ2) is 9.03. The number of hydrogen-bond donors (Lipinski definition) is 2. The van der Waals surface area contributed by atoms with Gasteiger partial charge in [-0.05, 0) is 70.9 Å². The molecule has 0 amide bonds. The van der Waals surface area contributed by atoms with Gasteiger partial charge in [-0.3, -0.25) is 0 Å². The fourth-order valence-electron chi connectivity index (χ4n) is 3.53. The average molecular weight is 367 g/mol. The molecule has 0 radical (unpaired) electrons. The van der Waals surface area contributed by atoms with E-state index in [4.69, 9.17) is 11.5 Å². The first-order chi connectivity index (χ1) is 12.8. The largest absolute Gasteiger partial charge is 0.306 e. The summed E-state index contributed by atoms with van der Waals surface area (Å²) in [5.41, 5.74) is 19.9. The normalized spacial score (nSPS) is 14.2. The second-order valence-electron chi connectivity index (χ2n) is 8.12. The maximum absolute atomic E-state index is 6.81. The predicted molar refractivity (Wildman–Crippen MR) is 118 cm³/mol. The van der Waals surface area contributed by atoms with Crippen LogP contribution in [0.15, 0.2) is 36.4 Å². The molecule has 2 atom stereocenters. The van der Waals surface area contributed by atoms with Gasteiger partial charge < -0.3 is 11.5 Å². The zero-order valence-electron chi connectivity index (χ0n) is 18.1. The number of nitrogens with two attached hydrogens (primary N) is 2. The quantitative estimate of drug-likeness (QED) is 0.567. The zero-order chi connectivity index (χ0) is 20.2. The van der Waals surface area contributed by atoms with Crippen LogP contribution in [0, 0.1) is 0 Å². The number of rotatable bonds is 8. The summed E-state index contributed by atoms with van der Waals surface area (Å²) in [7, 11) is 0. The van der Waals surface area contributed by atoms with Gasteiger partial charge in [0.15, 0.2) is 0 Å². The third-order valence-electron chi connectivity index (χ3n) is 6.16. The smallest absolute Gasteiger partial charge is 0.116 e. The number of benzene rings is 2. The molecule has 0 aliphatic rings. The van der Waals surface area contributed by atoms with E-state index in [2.05, 4.69) is 77.9 Å². The Hall–Kier alpha value is -1.64. The Bertz CT molecular complexity index is 697. The van der Waals surface area contributed by atoms with Crippen LogP contribution in [0.5, 0.6) is 0 Å². The van der Waals surface area contributed by atoms with Crippen LogP contribution >= 0.6 is 0 Å².